The number of ether oxygens (including phenoxy) is 3. The minimum Gasteiger partial charge on any atom is -0.447 e. The van der Waals surface area contributed by atoms with E-state index in [1.165, 1.54) is 18.1 Å². The summed E-state index contributed by atoms with van der Waals surface area (Å²) in [6, 6.07) is 0. The van der Waals surface area contributed by atoms with Crippen molar-refractivity contribution in [1.29, 1.82) is 0 Å². The number of carbonyl (C=O) groups is 2. The number of amides is 2. The third-order valence-electron chi connectivity index (χ3n) is 13.5. The first-order chi connectivity index (χ1) is 28.6. The number of aliphatic hydroxyl groups excluding tert-OH is 4. The quantitative estimate of drug-likeness (QED) is 0.0784. The number of allylic oxidation sites excluding steroid dienone is 4. The lowest BCUT2D eigenvalue weighted by Gasteiger charge is -2.44. The number of aliphatic hydroxyl groups is 4. The monoisotopic (exact) mass is 845 g/mol. The third-order valence-corrected chi connectivity index (χ3v) is 13.5. The minimum atomic E-state index is -3.79. The summed E-state index contributed by atoms with van der Waals surface area (Å²) in [5.74, 6) is -2.17. The number of fused-ring (bicyclic) bond motifs is 1. The lowest BCUT2D eigenvalue weighted by Crippen LogP contribution is -2.51. The molecular weight excluding hydrogens is 781 g/mol. The number of nitrogens with two attached hydrogens (primary N) is 1. The van der Waals surface area contributed by atoms with E-state index in [0.717, 1.165) is 80.0 Å². The Balaban J connectivity index is 0.855. The first-order valence-corrected chi connectivity index (χ1v) is 21.7. The van der Waals surface area contributed by atoms with Gasteiger partial charge in [-0.25, -0.2) is 14.6 Å². The largest absolute Gasteiger partial charge is 0.447 e. The Kier molecular flexibility index (Phi) is 15.2. The van der Waals surface area contributed by atoms with Crippen molar-refractivity contribution in [2.45, 2.75) is 146 Å². The van der Waals surface area contributed by atoms with Crippen LogP contribution in [-0.4, -0.2) is 112 Å². The van der Waals surface area contributed by atoms with Gasteiger partial charge in [0.25, 0.3) is 0 Å². The van der Waals surface area contributed by atoms with Gasteiger partial charge in [-0.1, -0.05) is 57.1 Å². The van der Waals surface area contributed by atoms with E-state index >= 15 is 0 Å². The number of carbonyl (C=O) groups excluding carboxylic acids is 2. The van der Waals surface area contributed by atoms with E-state index in [0.29, 0.717) is 49.5 Å². The second-order valence-corrected chi connectivity index (χ2v) is 17.8. The highest BCUT2D eigenvalue weighted by atomic mass is 19.3. The van der Waals surface area contributed by atoms with Gasteiger partial charge in [0.2, 0.25) is 12.6 Å². The Labute approximate surface area is 351 Å². The Morgan fingerprint density at radius 1 is 1.07 bits per heavy atom. The molecule has 4 aliphatic carbocycles. The van der Waals surface area contributed by atoms with Crippen molar-refractivity contribution < 1.29 is 53.0 Å². The summed E-state index contributed by atoms with van der Waals surface area (Å²) < 4.78 is 45.6. The molecule has 5 fully saturated rings. The van der Waals surface area contributed by atoms with Gasteiger partial charge in [-0.3, -0.25) is 0 Å². The maximum Gasteiger partial charge on any atom is 0.407 e. The average Bonchev–Trinajstić information content (AvgIpc) is 3.94. The Morgan fingerprint density at radius 2 is 1.78 bits per heavy atom. The molecule has 0 aromatic carbocycles. The van der Waals surface area contributed by atoms with Crippen LogP contribution in [0.4, 0.5) is 18.4 Å². The maximum atomic E-state index is 14.7. The zero-order valence-corrected chi connectivity index (χ0v) is 34.9. The van der Waals surface area contributed by atoms with Crippen molar-refractivity contribution in [3.63, 3.8) is 0 Å². The number of alkyl halides is 2. The first kappa shape index (κ1) is 45.7. The van der Waals surface area contributed by atoms with Crippen molar-refractivity contribution in [1.82, 2.24) is 15.5 Å². The van der Waals surface area contributed by atoms with Gasteiger partial charge in [0.1, 0.15) is 24.7 Å². The molecule has 14 nitrogen and oxygen atoms in total. The standard InChI is InChI=1S/C44H65F2N5O9/c1-26(32-15-16-33-28(9-8-19-43(32,33)3)11-14-30-23-31(52)24-34(53)27(30)2)10-17-35(29-12-13-29)60-42(57)49-21-7-5-4-6-20-48-41(56)58-25-36-38(54)44(45,46)39(59-36)51-22-18-37(47)50-40(51)55/h10-11,14,17-18,22,26,29,31-36,38-40,52-55H,2,4-9,12-13,15-16,19-21,23-25H2,1,3H3,(H2,47,50)(H,48,56)(H,49,57)/b17-10+,28-11+,30-14-/t26-,31+,32?,33?,34-,35?,36?,38?,39?,40?,43+/m0/s1. The fourth-order valence-electron chi connectivity index (χ4n) is 9.91. The number of nitrogens with zero attached hydrogens (tertiary/aromatic N) is 2. The van der Waals surface area contributed by atoms with Crippen LogP contribution in [0.15, 0.2) is 64.9 Å². The van der Waals surface area contributed by atoms with E-state index in [2.05, 4.69) is 60.4 Å². The summed E-state index contributed by atoms with van der Waals surface area (Å²) in [6.45, 7) is 8.91. The maximum absolute atomic E-state index is 14.7. The molecule has 6 aliphatic rings. The lowest BCUT2D eigenvalue weighted by atomic mass is 9.61. The molecule has 6 rings (SSSR count). The van der Waals surface area contributed by atoms with Crippen LogP contribution in [0, 0.1) is 29.1 Å². The fourth-order valence-corrected chi connectivity index (χ4v) is 9.91. The molecule has 4 saturated carbocycles. The van der Waals surface area contributed by atoms with Crippen molar-refractivity contribution in [3.8, 4) is 0 Å². The van der Waals surface area contributed by atoms with Crippen molar-refractivity contribution in [2.75, 3.05) is 19.7 Å². The van der Waals surface area contributed by atoms with E-state index in [4.69, 9.17) is 19.9 Å². The highest BCUT2D eigenvalue weighted by Crippen LogP contribution is 2.59. The molecule has 0 bridgehead atoms. The molecule has 0 radical (unpaired) electrons. The number of unbranched alkanes of at least 4 members (excludes halogenated alkanes) is 3. The van der Waals surface area contributed by atoms with E-state index in [1.54, 1.807) is 0 Å². The molecule has 1 saturated heterocycles. The second kappa shape index (κ2) is 19.9. The van der Waals surface area contributed by atoms with Gasteiger partial charge in [-0.2, -0.15) is 8.78 Å². The van der Waals surface area contributed by atoms with Crippen LogP contribution in [0.1, 0.15) is 97.3 Å². The van der Waals surface area contributed by atoms with E-state index in [-0.39, 0.29) is 23.9 Å². The highest BCUT2D eigenvalue weighted by Gasteiger charge is 2.61. The molecular formula is C44H65F2N5O9. The molecule has 334 valence electrons. The van der Waals surface area contributed by atoms with Crippen LogP contribution in [0.5, 0.6) is 0 Å². The number of nitrogens with one attached hydrogen (secondary N) is 2. The van der Waals surface area contributed by atoms with Crippen LogP contribution >= 0.6 is 0 Å². The molecule has 2 heterocycles. The van der Waals surface area contributed by atoms with Gasteiger partial charge in [0.05, 0.1) is 12.2 Å². The fraction of sp³-hybridized carbons (Fsp3) is 0.705. The molecule has 11 atom stereocenters. The predicted octanol–water partition coefficient (Wildman–Crippen LogP) is 5.29. The smallest absolute Gasteiger partial charge is 0.407 e. The molecule has 0 spiro atoms. The lowest BCUT2D eigenvalue weighted by molar-refractivity contribution is -0.186. The van der Waals surface area contributed by atoms with E-state index in [9.17, 15) is 38.8 Å². The number of rotatable bonds is 16. The number of amidine groups is 1. The van der Waals surface area contributed by atoms with E-state index < -0.39 is 61.7 Å². The number of hydrogen-bond donors (Lipinski definition) is 7. The summed E-state index contributed by atoms with van der Waals surface area (Å²) in [4.78, 5) is 29.3. The first-order valence-electron chi connectivity index (χ1n) is 21.7. The second-order valence-electron chi connectivity index (χ2n) is 17.8. The van der Waals surface area contributed by atoms with Crippen molar-refractivity contribution in [3.05, 3.63) is 59.9 Å². The average molecular weight is 846 g/mol. The van der Waals surface area contributed by atoms with E-state index in [1.807, 2.05) is 0 Å². The predicted molar refractivity (Wildman–Crippen MR) is 220 cm³/mol. The van der Waals surface area contributed by atoms with Gasteiger partial charge in [-0.05, 0) is 117 Å². The van der Waals surface area contributed by atoms with Crippen molar-refractivity contribution in [2.24, 2.45) is 39.8 Å². The van der Waals surface area contributed by atoms with Crippen LogP contribution in [0.25, 0.3) is 0 Å². The molecule has 2 amide bonds. The topological polar surface area (TPSA) is 208 Å². The normalized spacial score (nSPS) is 35.0. The molecule has 0 aromatic heterocycles. The number of hydrogen-bond acceptors (Lipinski definition) is 12. The third kappa shape index (κ3) is 11.0. The number of alkyl carbamates (subject to hydrolysis) is 2. The summed E-state index contributed by atoms with van der Waals surface area (Å²) >= 11 is 0. The highest BCUT2D eigenvalue weighted by molar-refractivity contribution is 5.91. The van der Waals surface area contributed by atoms with Gasteiger partial charge in [0, 0.05) is 25.7 Å². The van der Waals surface area contributed by atoms with Crippen LogP contribution in [-0.2, 0) is 14.2 Å². The SMILES string of the molecule is C=C1/C(=C\C=C2/CCC[C@@]3(C)C2CCC3[C@@H](C)/C=C/C(OC(=O)NCCCCCCNC(=O)OCC2OC(N3C=CC(N)=NC3O)C(F)(F)C2O)C2CC2)C[C@@H](O)C[C@@H]1O. The summed E-state index contributed by atoms with van der Waals surface area (Å²) in [7, 11) is 0. The van der Waals surface area contributed by atoms with Gasteiger partial charge >= 0.3 is 18.1 Å². The molecule has 8 N–H and O–H groups in total. The molecule has 0 aromatic rings. The number of halogens is 2. The molecule has 2 aliphatic heterocycles. The Bertz CT molecular complexity index is 1700. The van der Waals surface area contributed by atoms with Gasteiger partial charge in [0.15, 0.2) is 6.10 Å². The van der Waals surface area contributed by atoms with Crippen LogP contribution in [0.2, 0.25) is 0 Å². The Morgan fingerprint density at radius 3 is 2.48 bits per heavy atom. The van der Waals surface area contributed by atoms with Crippen molar-refractivity contribution >= 4 is 18.0 Å². The minimum absolute atomic E-state index is 0.0556. The van der Waals surface area contributed by atoms with Gasteiger partial charge in [-0.15, -0.1) is 0 Å². The summed E-state index contributed by atoms with van der Waals surface area (Å²) in [6.07, 6.45) is 12.2. The molecule has 7 unspecified atom stereocenters. The van der Waals surface area contributed by atoms with Gasteiger partial charge < -0.3 is 55.9 Å². The Hall–Kier alpha value is -3.83. The number of aliphatic imine (C=N–C) groups is 1. The summed E-state index contributed by atoms with van der Waals surface area (Å²) in [5.41, 5.74) is 8.78. The van der Waals surface area contributed by atoms with Crippen LogP contribution < -0.4 is 16.4 Å². The molecule has 60 heavy (non-hydrogen) atoms. The summed E-state index contributed by atoms with van der Waals surface area (Å²) in [5, 5.41) is 46.1. The zero-order chi connectivity index (χ0) is 43.2. The molecule has 16 heteroatoms. The van der Waals surface area contributed by atoms with Crippen LogP contribution in [0.3, 0.4) is 0 Å². The zero-order valence-electron chi connectivity index (χ0n) is 34.9.